The van der Waals surface area contributed by atoms with Crippen molar-refractivity contribution < 1.29 is 14.3 Å². The number of aromatic nitrogens is 3. The second-order valence-electron chi connectivity index (χ2n) is 7.31. The third-order valence-electron chi connectivity index (χ3n) is 4.65. The van der Waals surface area contributed by atoms with Gasteiger partial charge in [-0.25, -0.2) is 15.0 Å². The van der Waals surface area contributed by atoms with Crippen LogP contribution in [-0.2, 0) is 5.54 Å². The molecule has 0 fully saturated rings. The number of hydrogen-bond donors (Lipinski definition) is 2. The fourth-order valence-electron chi connectivity index (χ4n) is 3.33. The van der Waals surface area contributed by atoms with Crippen molar-refractivity contribution in [3.05, 3.63) is 35.9 Å². The molecule has 3 rings (SSSR count). The Bertz CT molecular complexity index is 1140. The van der Waals surface area contributed by atoms with E-state index in [9.17, 15) is 10.1 Å². The summed E-state index contributed by atoms with van der Waals surface area (Å²) in [5.74, 6) is 2.37. The molecule has 0 bridgehead atoms. The standard InChI is InChI=1S/C21H21N7O3S/c1-5-6-31-16-10-24-15(9-25-16)17(29)27-13-7-14(18(30-4)26-8-13)21(3)11-20(2,12-22)32-19(23)28-21/h1,7-10H,6,11H2,2-4H3,(H2,23,28)(H,27,29)/t20-,21+/m1/s1. The summed E-state index contributed by atoms with van der Waals surface area (Å²) in [5, 5.41) is 12.6. The number of thioether (sulfide) groups is 1. The third-order valence-corrected chi connectivity index (χ3v) is 5.64. The van der Waals surface area contributed by atoms with E-state index in [1.807, 2.05) is 6.92 Å². The van der Waals surface area contributed by atoms with Gasteiger partial charge in [-0.05, 0) is 19.9 Å². The highest BCUT2D eigenvalue weighted by Crippen LogP contribution is 2.47. The maximum atomic E-state index is 12.6. The van der Waals surface area contributed by atoms with Crippen LogP contribution in [0.25, 0.3) is 0 Å². The number of anilines is 1. The Morgan fingerprint density at radius 2 is 2.12 bits per heavy atom. The minimum atomic E-state index is -0.880. The topological polar surface area (TPSA) is 148 Å². The van der Waals surface area contributed by atoms with E-state index in [1.165, 1.54) is 37.5 Å². The van der Waals surface area contributed by atoms with Crippen LogP contribution in [0, 0.1) is 23.7 Å². The van der Waals surface area contributed by atoms with E-state index in [4.69, 9.17) is 21.6 Å². The molecule has 32 heavy (non-hydrogen) atoms. The lowest BCUT2D eigenvalue weighted by molar-refractivity contribution is 0.102. The van der Waals surface area contributed by atoms with Crippen LogP contribution in [-0.4, -0.2) is 44.5 Å². The van der Waals surface area contributed by atoms with Gasteiger partial charge in [0.1, 0.15) is 10.4 Å². The lowest BCUT2D eigenvalue weighted by Gasteiger charge is -2.37. The third kappa shape index (κ3) is 4.90. The van der Waals surface area contributed by atoms with Crippen molar-refractivity contribution in [2.45, 2.75) is 30.6 Å². The van der Waals surface area contributed by atoms with Crippen LogP contribution in [0.1, 0.15) is 36.3 Å². The number of aliphatic imine (C=N–C) groups is 1. The molecular formula is C21H21N7O3S. The first-order chi connectivity index (χ1) is 15.2. The summed E-state index contributed by atoms with van der Waals surface area (Å²) in [6.07, 6.45) is 9.55. The molecule has 0 aromatic carbocycles. The molecule has 0 radical (unpaired) electrons. The molecule has 1 aliphatic rings. The number of amidine groups is 1. The van der Waals surface area contributed by atoms with Gasteiger partial charge in [0.25, 0.3) is 5.91 Å². The van der Waals surface area contributed by atoms with Crippen LogP contribution >= 0.6 is 11.8 Å². The second-order valence-corrected chi connectivity index (χ2v) is 8.84. The smallest absolute Gasteiger partial charge is 0.275 e. The van der Waals surface area contributed by atoms with E-state index >= 15 is 0 Å². The van der Waals surface area contributed by atoms with E-state index in [0.717, 1.165) is 0 Å². The number of nitrogens with two attached hydrogens (primary N) is 1. The minimum absolute atomic E-state index is 0.0512. The molecule has 164 valence electrons. The zero-order valence-electron chi connectivity index (χ0n) is 17.7. The maximum Gasteiger partial charge on any atom is 0.275 e. The lowest BCUT2D eigenvalue weighted by Crippen LogP contribution is -2.39. The van der Waals surface area contributed by atoms with Crippen LogP contribution in [0.3, 0.4) is 0 Å². The minimum Gasteiger partial charge on any atom is -0.481 e. The van der Waals surface area contributed by atoms with E-state index in [0.29, 0.717) is 28.7 Å². The van der Waals surface area contributed by atoms with Gasteiger partial charge in [0, 0.05) is 12.0 Å². The van der Waals surface area contributed by atoms with E-state index < -0.39 is 16.2 Å². The molecule has 1 amide bonds. The summed E-state index contributed by atoms with van der Waals surface area (Å²) in [6.45, 7) is 3.70. The zero-order chi connectivity index (χ0) is 23.4. The summed E-state index contributed by atoms with van der Waals surface area (Å²) >= 11 is 1.22. The van der Waals surface area contributed by atoms with Gasteiger partial charge >= 0.3 is 0 Å². The normalized spacial score (nSPS) is 22.1. The van der Waals surface area contributed by atoms with Gasteiger partial charge in [-0.2, -0.15) is 5.26 Å². The fraction of sp³-hybridized carbons (Fsp3) is 0.333. The largest absolute Gasteiger partial charge is 0.481 e. The van der Waals surface area contributed by atoms with E-state index in [1.54, 1.807) is 13.0 Å². The van der Waals surface area contributed by atoms with Gasteiger partial charge in [0.15, 0.2) is 11.8 Å². The molecule has 2 aromatic rings. The Balaban J connectivity index is 1.88. The fourth-order valence-corrected chi connectivity index (χ4v) is 4.44. The van der Waals surface area contributed by atoms with Crippen LogP contribution in [0.2, 0.25) is 0 Å². The number of ether oxygens (including phenoxy) is 2. The molecule has 0 saturated heterocycles. The Morgan fingerprint density at radius 3 is 2.75 bits per heavy atom. The number of methoxy groups -OCH3 is 1. The Kier molecular flexibility index (Phi) is 6.51. The SMILES string of the molecule is C#CCOc1cnc(C(=O)Nc2cnc(OC)c([C@]3(C)C[C@](C)(C#N)SC(N)=N3)c2)cn1. The molecule has 10 nitrogen and oxygen atoms in total. The summed E-state index contributed by atoms with van der Waals surface area (Å²) in [4.78, 5) is 29.5. The Labute approximate surface area is 189 Å². The summed E-state index contributed by atoms with van der Waals surface area (Å²) in [5.41, 5.74) is 6.21. The molecule has 0 unspecified atom stereocenters. The predicted molar refractivity (Wildman–Crippen MR) is 120 cm³/mol. The van der Waals surface area contributed by atoms with Gasteiger partial charge in [0.05, 0.1) is 43.0 Å². The van der Waals surface area contributed by atoms with E-state index in [-0.39, 0.29) is 18.2 Å². The van der Waals surface area contributed by atoms with Crippen molar-refractivity contribution in [1.82, 2.24) is 15.0 Å². The molecule has 0 spiro atoms. The van der Waals surface area contributed by atoms with Gasteiger partial charge < -0.3 is 20.5 Å². The molecule has 2 aromatic heterocycles. The van der Waals surface area contributed by atoms with Crippen molar-refractivity contribution in [3.8, 4) is 30.2 Å². The highest BCUT2D eigenvalue weighted by atomic mass is 32.2. The first kappa shape index (κ1) is 22.8. The molecule has 3 heterocycles. The van der Waals surface area contributed by atoms with Crippen LogP contribution < -0.4 is 20.5 Å². The molecule has 0 saturated carbocycles. The molecular weight excluding hydrogens is 430 g/mol. The number of amides is 1. The van der Waals surface area contributed by atoms with Gasteiger partial charge in [0.2, 0.25) is 11.8 Å². The quantitative estimate of drug-likeness (QED) is 0.630. The van der Waals surface area contributed by atoms with Crippen LogP contribution in [0.5, 0.6) is 11.8 Å². The predicted octanol–water partition coefficient (Wildman–Crippen LogP) is 2.09. The molecule has 3 N–H and O–H groups in total. The van der Waals surface area contributed by atoms with Gasteiger partial charge in [-0.15, -0.1) is 6.42 Å². The van der Waals surface area contributed by atoms with Gasteiger partial charge in [-0.3, -0.25) is 9.79 Å². The number of terminal acetylenes is 1. The number of rotatable bonds is 6. The highest BCUT2D eigenvalue weighted by Gasteiger charge is 2.44. The summed E-state index contributed by atoms with van der Waals surface area (Å²) in [6, 6.07) is 3.99. The lowest BCUT2D eigenvalue weighted by atomic mass is 9.84. The van der Waals surface area contributed by atoms with Crippen molar-refractivity contribution in [1.29, 1.82) is 5.26 Å². The molecule has 2 atom stereocenters. The first-order valence-electron chi connectivity index (χ1n) is 9.42. The second kappa shape index (κ2) is 9.12. The summed E-state index contributed by atoms with van der Waals surface area (Å²) in [7, 11) is 1.49. The van der Waals surface area contributed by atoms with Gasteiger partial charge in [-0.1, -0.05) is 17.7 Å². The average Bonchev–Trinajstić information content (AvgIpc) is 2.77. The van der Waals surface area contributed by atoms with Crippen LogP contribution in [0.4, 0.5) is 5.69 Å². The molecule has 1 aliphatic heterocycles. The number of nitriles is 1. The number of nitrogens with one attached hydrogen (secondary N) is 1. The monoisotopic (exact) mass is 451 g/mol. The summed E-state index contributed by atoms with van der Waals surface area (Å²) < 4.78 is 9.79. The molecule has 0 aliphatic carbocycles. The van der Waals surface area contributed by atoms with Crippen LogP contribution in [0.15, 0.2) is 29.6 Å². The Hall–Kier alpha value is -3.83. The number of hydrogen-bond acceptors (Lipinski definition) is 10. The van der Waals surface area contributed by atoms with Crippen molar-refractivity contribution in [2.75, 3.05) is 19.0 Å². The van der Waals surface area contributed by atoms with Crippen molar-refractivity contribution in [3.63, 3.8) is 0 Å². The number of nitrogens with zero attached hydrogens (tertiary/aromatic N) is 5. The highest BCUT2D eigenvalue weighted by molar-refractivity contribution is 8.15. The van der Waals surface area contributed by atoms with E-state index in [2.05, 4.69) is 37.3 Å². The van der Waals surface area contributed by atoms with Crippen molar-refractivity contribution >= 4 is 28.5 Å². The number of carbonyl (C=O) groups is 1. The zero-order valence-corrected chi connectivity index (χ0v) is 18.6. The number of pyridine rings is 1. The number of carbonyl (C=O) groups excluding carboxylic acids is 1. The average molecular weight is 452 g/mol. The maximum absolute atomic E-state index is 12.6. The van der Waals surface area contributed by atoms with Crippen molar-refractivity contribution in [2.24, 2.45) is 10.7 Å². The molecule has 11 heteroatoms. The first-order valence-corrected chi connectivity index (χ1v) is 10.2. The Morgan fingerprint density at radius 1 is 1.34 bits per heavy atom.